The van der Waals surface area contributed by atoms with Crippen molar-refractivity contribution in [3.63, 3.8) is 0 Å². The number of hydrogen-bond donors (Lipinski definition) is 1. The Balaban J connectivity index is 3.89. The molecule has 0 aromatic heterocycles. The van der Waals surface area contributed by atoms with E-state index in [0.29, 0.717) is 13.0 Å². The first kappa shape index (κ1) is 27.9. The summed E-state index contributed by atoms with van der Waals surface area (Å²) in [6, 6.07) is 0. The number of aliphatic hydroxyl groups is 1. The topological polar surface area (TPSA) is 38.7 Å². The lowest BCUT2D eigenvalue weighted by Gasteiger charge is -2.25. The van der Waals surface area contributed by atoms with Crippen molar-refractivity contribution in [2.75, 3.05) is 19.8 Å². The third-order valence-electron chi connectivity index (χ3n) is 5.63. The Morgan fingerprint density at radius 1 is 0.571 bits per heavy atom. The highest BCUT2D eigenvalue weighted by Gasteiger charge is 2.18. The van der Waals surface area contributed by atoms with Crippen molar-refractivity contribution in [3.8, 4) is 0 Å². The predicted molar refractivity (Wildman–Crippen MR) is 122 cm³/mol. The Morgan fingerprint density at radius 3 is 1.57 bits per heavy atom. The first-order chi connectivity index (χ1) is 13.8. The van der Waals surface area contributed by atoms with Gasteiger partial charge in [-0.2, -0.15) is 0 Å². The third-order valence-corrected chi connectivity index (χ3v) is 5.63. The minimum atomic E-state index is 0.126. The maximum atomic E-state index is 8.96. The Kier molecular flexibility index (Phi) is 23.1. The molecule has 170 valence electrons. The summed E-state index contributed by atoms with van der Waals surface area (Å²) in [7, 11) is 0. The molecule has 0 radical (unpaired) electrons. The number of hydrogen-bond acceptors (Lipinski definition) is 3. The molecule has 3 nitrogen and oxygen atoms in total. The molecule has 2 atom stereocenters. The third kappa shape index (κ3) is 19.2. The SMILES string of the molecule is CCCCCCCCCCOC(CCCCCCCCC)C(C)OCCCO. The van der Waals surface area contributed by atoms with Crippen molar-refractivity contribution in [2.24, 2.45) is 0 Å². The largest absolute Gasteiger partial charge is 0.396 e. The summed E-state index contributed by atoms with van der Waals surface area (Å²) in [5, 5.41) is 8.96. The summed E-state index contributed by atoms with van der Waals surface area (Å²) < 4.78 is 12.1. The van der Waals surface area contributed by atoms with Crippen LogP contribution in [0.1, 0.15) is 130 Å². The van der Waals surface area contributed by atoms with Gasteiger partial charge in [0, 0.05) is 19.8 Å². The molecule has 0 aliphatic carbocycles. The van der Waals surface area contributed by atoms with Gasteiger partial charge in [0.25, 0.3) is 0 Å². The van der Waals surface area contributed by atoms with Crippen LogP contribution in [-0.4, -0.2) is 37.1 Å². The van der Waals surface area contributed by atoms with Crippen LogP contribution in [0.15, 0.2) is 0 Å². The zero-order valence-corrected chi connectivity index (χ0v) is 19.6. The lowest BCUT2D eigenvalue weighted by molar-refractivity contribution is -0.0717. The first-order valence-electron chi connectivity index (χ1n) is 12.6. The normalized spacial score (nSPS) is 13.7. The quantitative estimate of drug-likeness (QED) is 0.181. The molecule has 3 heteroatoms. The zero-order chi connectivity index (χ0) is 20.7. The van der Waals surface area contributed by atoms with Gasteiger partial charge in [0.2, 0.25) is 0 Å². The van der Waals surface area contributed by atoms with E-state index in [4.69, 9.17) is 14.6 Å². The number of rotatable bonds is 23. The molecule has 0 spiro atoms. The van der Waals surface area contributed by atoms with Crippen LogP contribution in [0.4, 0.5) is 0 Å². The molecule has 0 aliphatic rings. The summed E-state index contributed by atoms with van der Waals surface area (Å²) in [5.41, 5.74) is 0. The van der Waals surface area contributed by atoms with Crippen LogP contribution in [0, 0.1) is 0 Å². The van der Waals surface area contributed by atoms with E-state index in [1.165, 1.54) is 96.3 Å². The minimum absolute atomic E-state index is 0.126. The molecule has 0 fully saturated rings. The second kappa shape index (κ2) is 23.2. The van der Waals surface area contributed by atoms with Crippen LogP contribution in [0.5, 0.6) is 0 Å². The van der Waals surface area contributed by atoms with E-state index in [-0.39, 0.29) is 18.8 Å². The molecule has 28 heavy (non-hydrogen) atoms. The van der Waals surface area contributed by atoms with Crippen molar-refractivity contribution in [1.82, 2.24) is 0 Å². The van der Waals surface area contributed by atoms with E-state index in [1.54, 1.807) is 0 Å². The Hall–Kier alpha value is -0.120. The highest BCUT2D eigenvalue weighted by atomic mass is 16.5. The predicted octanol–water partition coefficient (Wildman–Crippen LogP) is 7.44. The summed E-state index contributed by atoms with van der Waals surface area (Å²) >= 11 is 0. The molecule has 0 aliphatic heterocycles. The van der Waals surface area contributed by atoms with Crippen molar-refractivity contribution >= 4 is 0 Å². The lowest BCUT2D eigenvalue weighted by atomic mass is 10.0. The second-order valence-corrected chi connectivity index (χ2v) is 8.45. The van der Waals surface area contributed by atoms with E-state index in [2.05, 4.69) is 20.8 Å². The van der Waals surface area contributed by atoms with Crippen molar-refractivity contribution in [2.45, 2.75) is 142 Å². The smallest absolute Gasteiger partial charge is 0.0833 e. The molecule has 0 heterocycles. The summed E-state index contributed by atoms with van der Waals surface area (Å²) in [5.74, 6) is 0. The van der Waals surface area contributed by atoms with Gasteiger partial charge in [-0.3, -0.25) is 0 Å². The summed E-state index contributed by atoms with van der Waals surface area (Å²) in [6.45, 7) is 8.38. The molecular formula is C25H52O3. The first-order valence-corrected chi connectivity index (χ1v) is 12.6. The van der Waals surface area contributed by atoms with Gasteiger partial charge in [-0.15, -0.1) is 0 Å². The van der Waals surface area contributed by atoms with Gasteiger partial charge < -0.3 is 14.6 Å². The van der Waals surface area contributed by atoms with Gasteiger partial charge in [0.15, 0.2) is 0 Å². The lowest BCUT2D eigenvalue weighted by Crippen LogP contribution is -2.30. The Bertz CT molecular complexity index is 283. The molecule has 0 aromatic rings. The number of aliphatic hydroxyl groups excluding tert-OH is 1. The van der Waals surface area contributed by atoms with Crippen LogP contribution in [0.3, 0.4) is 0 Å². The van der Waals surface area contributed by atoms with Crippen molar-refractivity contribution in [1.29, 1.82) is 0 Å². The van der Waals surface area contributed by atoms with Gasteiger partial charge in [0.05, 0.1) is 12.2 Å². The minimum Gasteiger partial charge on any atom is -0.396 e. The number of ether oxygens (including phenoxy) is 2. The van der Waals surface area contributed by atoms with E-state index in [1.807, 2.05) is 0 Å². The van der Waals surface area contributed by atoms with Gasteiger partial charge in [-0.1, -0.05) is 104 Å². The fourth-order valence-electron chi connectivity index (χ4n) is 3.67. The van der Waals surface area contributed by atoms with Gasteiger partial charge in [-0.25, -0.2) is 0 Å². The van der Waals surface area contributed by atoms with Crippen molar-refractivity contribution < 1.29 is 14.6 Å². The average Bonchev–Trinajstić information content (AvgIpc) is 2.70. The molecule has 0 bridgehead atoms. The molecule has 0 aromatic carbocycles. The highest BCUT2D eigenvalue weighted by molar-refractivity contribution is 4.67. The average molecular weight is 401 g/mol. The highest BCUT2D eigenvalue weighted by Crippen LogP contribution is 2.16. The Morgan fingerprint density at radius 2 is 1.04 bits per heavy atom. The van der Waals surface area contributed by atoms with Gasteiger partial charge in [-0.05, 0) is 26.2 Å². The molecule has 0 amide bonds. The Labute approximate surface area is 177 Å². The fourth-order valence-corrected chi connectivity index (χ4v) is 3.67. The van der Waals surface area contributed by atoms with Crippen LogP contribution in [-0.2, 0) is 9.47 Å². The van der Waals surface area contributed by atoms with E-state index in [9.17, 15) is 0 Å². The van der Waals surface area contributed by atoms with Crippen LogP contribution >= 0.6 is 0 Å². The molecule has 1 N–H and O–H groups in total. The monoisotopic (exact) mass is 400 g/mol. The van der Waals surface area contributed by atoms with Crippen LogP contribution < -0.4 is 0 Å². The van der Waals surface area contributed by atoms with E-state index in [0.717, 1.165) is 13.0 Å². The summed E-state index contributed by atoms with van der Waals surface area (Å²) in [4.78, 5) is 0. The maximum absolute atomic E-state index is 8.96. The zero-order valence-electron chi connectivity index (χ0n) is 19.6. The molecule has 0 rings (SSSR count). The molecule has 2 unspecified atom stereocenters. The molecule has 0 saturated heterocycles. The maximum Gasteiger partial charge on any atom is 0.0833 e. The molecule has 0 saturated carbocycles. The van der Waals surface area contributed by atoms with Crippen LogP contribution in [0.25, 0.3) is 0 Å². The molecular weight excluding hydrogens is 348 g/mol. The van der Waals surface area contributed by atoms with Gasteiger partial charge >= 0.3 is 0 Å². The fraction of sp³-hybridized carbons (Fsp3) is 1.00. The second-order valence-electron chi connectivity index (χ2n) is 8.45. The van der Waals surface area contributed by atoms with E-state index < -0.39 is 0 Å². The van der Waals surface area contributed by atoms with Crippen LogP contribution in [0.2, 0.25) is 0 Å². The van der Waals surface area contributed by atoms with E-state index >= 15 is 0 Å². The summed E-state index contributed by atoms with van der Waals surface area (Å²) in [6.07, 6.45) is 22.2. The number of unbranched alkanes of at least 4 members (excludes halogenated alkanes) is 13. The standard InChI is InChI=1S/C25H52O3/c1-4-6-8-10-12-14-16-18-22-28-25(24(3)27-23-19-21-26)20-17-15-13-11-9-7-5-2/h24-26H,4-23H2,1-3H3. The van der Waals surface area contributed by atoms with Crippen molar-refractivity contribution in [3.05, 3.63) is 0 Å². The van der Waals surface area contributed by atoms with Gasteiger partial charge in [0.1, 0.15) is 0 Å².